The quantitative estimate of drug-likeness (QED) is 0.709. The predicted octanol–water partition coefficient (Wildman–Crippen LogP) is 2.61. The maximum atomic E-state index is 9.97. The number of ether oxygens (including phenoxy) is 3. The van der Waals surface area contributed by atoms with Gasteiger partial charge in [0.05, 0.1) is 21.3 Å². The van der Waals surface area contributed by atoms with Crippen LogP contribution < -0.4 is 14.2 Å². The van der Waals surface area contributed by atoms with Gasteiger partial charge in [0.15, 0.2) is 23.0 Å². The lowest BCUT2D eigenvalue weighted by Gasteiger charge is -2.12. The lowest BCUT2D eigenvalue weighted by Crippen LogP contribution is -1.96. The molecule has 0 aromatic heterocycles. The zero-order valence-electron chi connectivity index (χ0n) is 13.3. The summed E-state index contributed by atoms with van der Waals surface area (Å²) in [5.41, 5.74) is 1.65. The summed E-state index contributed by atoms with van der Waals surface area (Å²) in [4.78, 5) is 0. The van der Waals surface area contributed by atoms with Crippen LogP contribution in [0.25, 0.3) is 0 Å². The Hall–Kier alpha value is -2.76. The molecule has 0 aliphatic rings. The maximum Gasteiger partial charge on any atom is 0.203 e. The summed E-state index contributed by atoms with van der Waals surface area (Å²) in [6, 6.07) is 6.54. The number of phenols is 3. The molecule has 3 N–H and O–H groups in total. The van der Waals surface area contributed by atoms with Gasteiger partial charge in [0.1, 0.15) is 0 Å². The van der Waals surface area contributed by atoms with Crippen molar-refractivity contribution in [3.05, 3.63) is 35.4 Å². The first kappa shape index (κ1) is 16.6. The van der Waals surface area contributed by atoms with E-state index in [9.17, 15) is 15.3 Å². The van der Waals surface area contributed by atoms with Crippen molar-refractivity contribution in [2.75, 3.05) is 21.3 Å². The Morgan fingerprint density at radius 1 is 0.696 bits per heavy atom. The molecule has 0 aliphatic heterocycles. The summed E-state index contributed by atoms with van der Waals surface area (Å²) >= 11 is 0. The van der Waals surface area contributed by atoms with Crippen molar-refractivity contribution in [3.63, 3.8) is 0 Å². The number of aryl methyl sites for hydroxylation is 2. The molecule has 0 atom stereocenters. The minimum Gasteiger partial charge on any atom is -0.504 e. The molecule has 6 heteroatoms. The lowest BCUT2D eigenvalue weighted by molar-refractivity contribution is 0.332. The van der Waals surface area contributed by atoms with Gasteiger partial charge in [-0.25, -0.2) is 0 Å². The van der Waals surface area contributed by atoms with Crippen LogP contribution in [-0.2, 0) is 12.8 Å². The van der Waals surface area contributed by atoms with Crippen molar-refractivity contribution >= 4 is 0 Å². The Kier molecular flexibility index (Phi) is 5.05. The van der Waals surface area contributed by atoms with Crippen molar-refractivity contribution in [1.29, 1.82) is 0 Å². The van der Waals surface area contributed by atoms with E-state index in [0.717, 1.165) is 11.1 Å². The van der Waals surface area contributed by atoms with E-state index in [1.807, 2.05) is 0 Å². The molecule has 124 valence electrons. The molecule has 0 unspecified atom stereocenters. The van der Waals surface area contributed by atoms with Crippen molar-refractivity contribution in [2.45, 2.75) is 12.8 Å². The van der Waals surface area contributed by atoms with Crippen molar-refractivity contribution < 1.29 is 29.5 Å². The van der Waals surface area contributed by atoms with Crippen LogP contribution in [0.1, 0.15) is 11.1 Å². The topological polar surface area (TPSA) is 88.4 Å². The zero-order chi connectivity index (χ0) is 17.0. The molecule has 0 radical (unpaired) electrons. The third-order valence-corrected chi connectivity index (χ3v) is 3.56. The van der Waals surface area contributed by atoms with Crippen LogP contribution >= 0.6 is 0 Å². The fourth-order valence-corrected chi connectivity index (χ4v) is 2.38. The Labute approximate surface area is 134 Å². The lowest BCUT2D eigenvalue weighted by atomic mass is 10.0. The van der Waals surface area contributed by atoms with Crippen molar-refractivity contribution in [2.24, 2.45) is 0 Å². The van der Waals surface area contributed by atoms with Gasteiger partial charge < -0.3 is 29.5 Å². The number of aromatic hydroxyl groups is 3. The third kappa shape index (κ3) is 3.53. The molecule has 6 nitrogen and oxygen atoms in total. The van der Waals surface area contributed by atoms with E-state index in [2.05, 4.69) is 0 Å². The zero-order valence-corrected chi connectivity index (χ0v) is 13.3. The van der Waals surface area contributed by atoms with Crippen molar-refractivity contribution in [3.8, 4) is 34.5 Å². The van der Waals surface area contributed by atoms with E-state index < -0.39 is 0 Å². The van der Waals surface area contributed by atoms with E-state index in [1.54, 1.807) is 18.2 Å². The van der Waals surface area contributed by atoms with Gasteiger partial charge in [-0.3, -0.25) is 0 Å². The predicted molar refractivity (Wildman–Crippen MR) is 84.9 cm³/mol. The number of phenolic OH excluding ortho intramolecular Hbond substituents is 3. The van der Waals surface area contributed by atoms with E-state index >= 15 is 0 Å². The standard InChI is InChI=1S/C17H20O6/c1-21-14-8-10(6-12(18)16(14)20)4-5-11-7-13(19)17(23-3)15(9-11)22-2/h6-9,18-20H,4-5H2,1-3H3. The Balaban J connectivity index is 2.21. The summed E-state index contributed by atoms with van der Waals surface area (Å²) in [6.45, 7) is 0. The van der Waals surface area contributed by atoms with E-state index in [0.29, 0.717) is 24.3 Å². The minimum absolute atomic E-state index is 0.00739. The highest BCUT2D eigenvalue weighted by Crippen LogP contribution is 2.39. The molecule has 0 heterocycles. The van der Waals surface area contributed by atoms with Gasteiger partial charge in [-0.2, -0.15) is 0 Å². The highest BCUT2D eigenvalue weighted by atomic mass is 16.5. The van der Waals surface area contributed by atoms with E-state index in [1.165, 1.54) is 27.4 Å². The van der Waals surface area contributed by atoms with Crippen LogP contribution in [-0.4, -0.2) is 36.6 Å². The third-order valence-electron chi connectivity index (χ3n) is 3.56. The van der Waals surface area contributed by atoms with E-state index in [4.69, 9.17) is 14.2 Å². The molecule has 0 fully saturated rings. The largest absolute Gasteiger partial charge is 0.504 e. The first-order chi connectivity index (χ1) is 11.0. The first-order valence-electron chi connectivity index (χ1n) is 7.02. The van der Waals surface area contributed by atoms with Crippen LogP contribution in [0.5, 0.6) is 34.5 Å². The highest BCUT2D eigenvalue weighted by Gasteiger charge is 2.13. The van der Waals surface area contributed by atoms with Crippen LogP contribution in [0.15, 0.2) is 24.3 Å². The van der Waals surface area contributed by atoms with Gasteiger partial charge in [0.2, 0.25) is 11.5 Å². The SMILES string of the molecule is COc1cc(CCc2cc(O)c(OC)c(OC)c2)cc(O)c1O. The molecule has 2 aromatic rings. The van der Waals surface area contributed by atoms with Crippen molar-refractivity contribution in [1.82, 2.24) is 0 Å². The summed E-state index contributed by atoms with van der Waals surface area (Å²) in [7, 11) is 4.39. The van der Waals surface area contributed by atoms with Crippen LogP contribution in [0.3, 0.4) is 0 Å². The summed E-state index contributed by atoms with van der Waals surface area (Å²) in [6.07, 6.45) is 1.18. The van der Waals surface area contributed by atoms with Gasteiger partial charge in [-0.05, 0) is 48.2 Å². The molecule has 0 bridgehead atoms. The monoisotopic (exact) mass is 320 g/mol. The average Bonchev–Trinajstić information content (AvgIpc) is 2.55. The molecule has 0 aliphatic carbocycles. The summed E-state index contributed by atoms with van der Waals surface area (Å²) in [5.74, 6) is 0.464. The molecular formula is C17H20O6. The number of hydrogen-bond acceptors (Lipinski definition) is 6. The Bertz CT molecular complexity index is 696. The van der Waals surface area contributed by atoms with E-state index in [-0.39, 0.29) is 23.0 Å². The van der Waals surface area contributed by atoms with Crippen LogP contribution in [0, 0.1) is 0 Å². The average molecular weight is 320 g/mol. The second-order valence-electron chi connectivity index (χ2n) is 5.02. The molecule has 0 amide bonds. The second-order valence-corrected chi connectivity index (χ2v) is 5.02. The summed E-state index contributed by atoms with van der Waals surface area (Å²) in [5, 5.41) is 29.3. The number of benzene rings is 2. The van der Waals surface area contributed by atoms with Gasteiger partial charge in [0.25, 0.3) is 0 Å². The molecular weight excluding hydrogens is 300 g/mol. The first-order valence-corrected chi connectivity index (χ1v) is 7.02. The fourth-order valence-electron chi connectivity index (χ4n) is 2.38. The van der Waals surface area contributed by atoms with Gasteiger partial charge in [-0.15, -0.1) is 0 Å². The van der Waals surface area contributed by atoms with Gasteiger partial charge in [-0.1, -0.05) is 0 Å². The minimum atomic E-state index is -0.278. The molecule has 0 spiro atoms. The fraction of sp³-hybridized carbons (Fsp3) is 0.294. The number of methoxy groups -OCH3 is 3. The van der Waals surface area contributed by atoms with Crippen LogP contribution in [0.2, 0.25) is 0 Å². The molecule has 23 heavy (non-hydrogen) atoms. The molecule has 0 saturated heterocycles. The molecule has 0 saturated carbocycles. The number of rotatable bonds is 6. The maximum absolute atomic E-state index is 9.97. The molecule has 2 aromatic carbocycles. The van der Waals surface area contributed by atoms with Gasteiger partial charge in [0, 0.05) is 0 Å². The smallest absolute Gasteiger partial charge is 0.203 e. The normalized spacial score (nSPS) is 10.4. The Morgan fingerprint density at radius 3 is 1.74 bits per heavy atom. The van der Waals surface area contributed by atoms with Gasteiger partial charge >= 0.3 is 0 Å². The number of hydrogen-bond donors (Lipinski definition) is 3. The van der Waals surface area contributed by atoms with Crippen LogP contribution in [0.4, 0.5) is 0 Å². The second kappa shape index (κ2) is 7.00. The molecule has 2 rings (SSSR count). The highest BCUT2D eigenvalue weighted by molar-refractivity contribution is 5.54. The Morgan fingerprint density at radius 2 is 1.22 bits per heavy atom. The summed E-state index contributed by atoms with van der Waals surface area (Å²) < 4.78 is 15.3.